The zero-order valence-corrected chi connectivity index (χ0v) is 21.3. The SMILES string of the molecule is CCNC(=NCc1cccc(C(=O)NC(C)CC)c1)NCC(C)(O)c1cnn(C)c1.I. The van der Waals surface area contributed by atoms with Gasteiger partial charge < -0.3 is 21.1 Å². The maximum Gasteiger partial charge on any atom is 0.251 e. The van der Waals surface area contributed by atoms with Gasteiger partial charge in [-0.2, -0.15) is 5.10 Å². The Morgan fingerprint density at radius 2 is 2.06 bits per heavy atom. The largest absolute Gasteiger partial charge is 0.383 e. The summed E-state index contributed by atoms with van der Waals surface area (Å²) in [6.07, 6.45) is 4.33. The van der Waals surface area contributed by atoms with Gasteiger partial charge in [-0.15, -0.1) is 24.0 Å². The predicted octanol–water partition coefficient (Wildman–Crippen LogP) is 2.53. The molecule has 4 N–H and O–H groups in total. The number of aliphatic imine (C=N–C) groups is 1. The number of amides is 1. The number of rotatable bonds is 9. The average molecular weight is 542 g/mol. The maximum absolute atomic E-state index is 12.3. The van der Waals surface area contributed by atoms with Crippen LogP contribution in [0.4, 0.5) is 0 Å². The molecule has 9 heteroatoms. The number of aryl methyl sites for hydroxylation is 1. The Bertz CT molecular complexity index is 865. The summed E-state index contributed by atoms with van der Waals surface area (Å²) in [4.78, 5) is 16.9. The summed E-state index contributed by atoms with van der Waals surface area (Å²) >= 11 is 0. The van der Waals surface area contributed by atoms with Crippen LogP contribution in [0.2, 0.25) is 0 Å². The molecule has 0 radical (unpaired) electrons. The van der Waals surface area contributed by atoms with Gasteiger partial charge in [0.05, 0.1) is 19.3 Å². The highest BCUT2D eigenvalue weighted by Crippen LogP contribution is 2.18. The van der Waals surface area contributed by atoms with E-state index >= 15 is 0 Å². The van der Waals surface area contributed by atoms with Crippen molar-refractivity contribution in [1.29, 1.82) is 0 Å². The molecular weight excluding hydrogens is 507 g/mol. The molecular formula is C22H35IN6O2. The van der Waals surface area contributed by atoms with Gasteiger partial charge in [0, 0.05) is 37.0 Å². The van der Waals surface area contributed by atoms with Crippen LogP contribution in [0.5, 0.6) is 0 Å². The number of aliphatic hydroxyl groups is 1. The Kier molecular flexibility index (Phi) is 11.0. The Balaban J connectivity index is 0.00000480. The quantitative estimate of drug-likeness (QED) is 0.222. The molecule has 31 heavy (non-hydrogen) atoms. The van der Waals surface area contributed by atoms with Crippen molar-refractivity contribution in [3.63, 3.8) is 0 Å². The molecule has 0 aliphatic rings. The van der Waals surface area contributed by atoms with Crippen LogP contribution in [0.15, 0.2) is 41.7 Å². The summed E-state index contributed by atoms with van der Waals surface area (Å²) in [5.41, 5.74) is 1.20. The highest BCUT2D eigenvalue weighted by molar-refractivity contribution is 14.0. The zero-order valence-electron chi connectivity index (χ0n) is 19.0. The first kappa shape index (κ1) is 26.9. The summed E-state index contributed by atoms with van der Waals surface area (Å²) in [6.45, 7) is 9.13. The molecule has 1 amide bonds. The van der Waals surface area contributed by atoms with E-state index < -0.39 is 5.60 Å². The van der Waals surface area contributed by atoms with Crippen LogP contribution in [0.1, 0.15) is 55.6 Å². The van der Waals surface area contributed by atoms with Gasteiger partial charge in [-0.05, 0) is 44.9 Å². The molecule has 1 heterocycles. The fourth-order valence-corrected chi connectivity index (χ4v) is 2.79. The summed E-state index contributed by atoms with van der Waals surface area (Å²) in [5.74, 6) is 0.517. The molecule has 0 aliphatic carbocycles. The average Bonchev–Trinajstić information content (AvgIpc) is 3.17. The molecule has 172 valence electrons. The monoisotopic (exact) mass is 542 g/mol. The van der Waals surface area contributed by atoms with Crippen molar-refractivity contribution < 1.29 is 9.90 Å². The fraction of sp³-hybridized carbons (Fsp3) is 0.500. The minimum absolute atomic E-state index is 0. The summed E-state index contributed by atoms with van der Waals surface area (Å²) in [5, 5.41) is 24.2. The first-order valence-corrected chi connectivity index (χ1v) is 10.4. The second-order valence-corrected chi connectivity index (χ2v) is 7.71. The van der Waals surface area contributed by atoms with Crippen molar-refractivity contribution in [2.45, 2.75) is 52.3 Å². The first-order valence-electron chi connectivity index (χ1n) is 10.4. The van der Waals surface area contributed by atoms with E-state index in [1.54, 1.807) is 30.1 Å². The topological polar surface area (TPSA) is 104 Å². The molecule has 0 aliphatic heterocycles. The highest BCUT2D eigenvalue weighted by atomic mass is 127. The van der Waals surface area contributed by atoms with E-state index in [2.05, 4.69) is 26.0 Å². The van der Waals surface area contributed by atoms with Crippen LogP contribution in [0.25, 0.3) is 0 Å². The van der Waals surface area contributed by atoms with Crippen LogP contribution in [0.3, 0.4) is 0 Å². The number of hydrogen-bond acceptors (Lipinski definition) is 4. The molecule has 8 nitrogen and oxygen atoms in total. The van der Waals surface area contributed by atoms with Crippen molar-refractivity contribution >= 4 is 35.8 Å². The third kappa shape index (κ3) is 8.48. The van der Waals surface area contributed by atoms with E-state index in [4.69, 9.17) is 0 Å². The molecule has 0 bridgehead atoms. The van der Waals surface area contributed by atoms with E-state index in [0.29, 0.717) is 24.6 Å². The standard InChI is InChI=1S/C22H34N6O2.HI/c1-6-16(3)27-20(29)18-10-8-9-17(11-18)12-24-21(23-7-2)25-15-22(4,30)19-13-26-28(5)14-19;/h8-11,13-14,16,30H,6-7,12,15H2,1-5H3,(H,27,29)(H2,23,24,25);1H. The van der Waals surface area contributed by atoms with Crippen LogP contribution in [-0.2, 0) is 19.2 Å². The van der Waals surface area contributed by atoms with E-state index in [1.807, 2.05) is 46.0 Å². The second kappa shape index (κ2) is 12.7. The smallest absolute Gasteiger partial charge is 0.251 e. The molecule has 2 atom stereocenters. The minimum Gasteiger partial charge on any atom is -0.383 e. The molecule has 0 spiro atoms. The number of guanidine groups is 1. The van der Waals surface area contributed by atoms with Crippen LogP contribution < -0.4 is 16.0 Å². The van der Waals surface area contributed by atoms with E-state index in [-0.39, 0.29) is 42.5 Å². The highest BCUT2D eigenvalue weighted by Gasteiger charge is 2.25. The second-order valence-electron chi connectivity index (χ2n) is 7.71. The lowest BCUT2D eigenvalue weighted by Crippen LogP contribution is -2.44. The molecule has 0 saturated carbocycles. The molecule has 2 aromatic rings. The molecule has 1 aromatic carbocycles. The van der Waals surface area contributed by atoms with Crippen molar-refractivity contribution in [1.82, 2.24) is 25.7 Å². The lowest BCUT2D eigenvalue weighted by molar-refractivity contribution is 0.0616. The number of benzene rings is 1. The van der Waals surface area contributed by atoms with Crippen LogP contribution >= 0.6 is 24.0 Å². The van der Waals surface area contributed by atoms with Gasteiger partial charge in [-0.3, -0.25) is 9.48 Å². The van der Waals surface area contributed by atoms with Crippen molar-refractivity contribution in [3.05, 3.63) is 53.3 Å². The first-order chi connectivity index (χ1) is 14.2. The number of aromatic nitrogens is 2. The van der Waals surface area contributed by atoms with Crippen molar-refractivity contribution in [3.8, 4) is 0 Å². The molecule has 0 saturated heterocycles. The van der Waals surface area contributed by atoms with E-state index in [9.17, 15) is 9.90 Å². The van der Waals surface area contributed by atoms with Gasteiger partial charge in [0.1, 0.15) is 5.60 Å². The lowest BCUT2D eigenvalue weighted by Gasteiger charge is -2.23. The summed E-state index contributed by atoms with van der Waals surface area (Å²) in [6, 6.07) is 7.61. The summed E-state index contributed by atoms with van der Waals surface area (Å²) in [7, 11) is 1.82. The number of halogens is 1. The Morgan fingerprint density at radius 3 is 2.68 bits per heavy atom. The number of nitrogens with one attached hydrogen (secondary N) is 3. The van der Waals surface area contributed by atoms with Gasteiger partial charge in [0.2, 0.25) is 0 Å². The van der Waals surface area contributed by atoms with Gasteiger partial charge in [-0.1, -0.05) is 19.1 Å². The van der Waals surface area contributed by atoms with Crippen molar-refractivity contribution in [2.24, 2.45) is 12.0 Å². The Labute approximate surface area is 201 Å². The fourth-order valence-electron chi connectivity index (χ4n) is 2.79. The van der Waals surface area contributed by atoms with Gasteiger partial charge in [-0.25, -0.2) is 4.99 Å². The molecule has 2 rings (SSSR count). The van der Waals surface area contributed by atoms with Gasteiger partial charge >= 0.3 is 0 Å². The Morgan fingerprint density at radius 1 is 1.32 bits per heavy atom. The number of hydrogen-bond donors (Lipinski definition) is 4. The lowest BCUT2D eigenvalue weighted by atomic mass is 10.00. The zero-order chi connectivity index (χ0) is 22.1. The van der Waals surface area contributed by atoms with Crippen LogP contribution in [0, 0.1) is 0 Å². The van der Waals surface area contributed by atoms with Gasteiger partial charge in [0.25, 0.3) is 5.91 Å². The maximum atomic E-state index is 12.3. The van der Waals surface area contributed by atoms with Crippen LogP contribution in [-0.4, -0.2) is 45.9 Å². The number of nitrogens with zero attached hydrogens (tertiary/aromatic N) is 3. The molecule has 2 unspecified atom stereocenters. The molecule has 0 fully saturated rings. The van der Waals surface area contributed by atoms with E-state index in [0.717, 1.165) is 17.5 Å². The predicted molar refractivity (Wildman–Crippen MR) is 135 cm³/mol. The third-order valence-electron chi connectivity index (χ3n) is 4.87. The molecule has 1 aromatic heterocycles. The van der Waals surface area contributed by atoms with E-state index in [1.165, 1.54) is 0 Å². The van der Waals surface area contributed by atoms with Gasteiger partial charge in [0.15, 0.2) is 5.96 Å². The number of carbonyl (C=O) groups excluding carboxylic acids is 1. The summed E-state index contributed by atoms with van der Waals surface area (Å²) < 4.78 is 1.66. The normalized spacial score (nSPS) is 14.2. The van der Waals surface area contributed by atoms with Crippen molar-refractivity contribution in [2.75, 3.05) is 13.1 Å². The Hall–Kier alpha value is -2.14. The minimum atomic E-state index is -1.08. The third-order valence-corrected chi connectivity index (χ3v) is 4.87. The number of carbonyl (C=O) groups is 1.